The first-order valence-electron chi connectivity index (χ1n) is 7.90. The molecule has 124 valence electrons. The van der Waals surface area contributed by atoms with E-state index in [0.29, 0.717) is 0 Å². The van der Waals surface area contributed by atoms with E-state index in [0.717, 1.165) is 6.54 Å². The second-order valence-corrected chi connectivity index (χ2v) is 7.48. The van der Waals surface area contributed by atoms with E-state index in [1.165, 1.54) is 53.5 Å². The average molecular weight is 450 g/mol. The largest absolute Gasteiger partial charge is 1.00 e. The summed E-state index contributed by atoms with van der Waals surface area (Å²) in [5, 5.41) is 7.20. The molecule has 5 heteroatoms. The fourth-order valence-electron chi connectivity index (χ4n) is 2.43. The topological polar surface area (TPSA) is 7.12 Å². The van der Waals surface area contributed by atoms with Gasteiger partial charge in [-0.05, 0) is 18.8 Å². The van der Waals surface area contributed by atoms with E-state index in [1.807, 2.05) is 23.1 Å². The highest BCUT2D eigenvalue weighted by Crippen LogP contribution is 2.35. The Morgan fingerprint density at radius 1 is 1.18 bits per heavy atom. The molecule has 1 aliphatic rings. The van der Waals surface area contributed by atoms with Crippen molar-refractivity contribution in [2.75, 3.05) is 6.54 Å². The molecule has 0 aromatic carbocycles. The maximum atomic E-state index is 2.48. The zero-order chi connectivity index (χ0) is 15.2. The molecule has 2 nitrogen and oxygen atoms in total. The normalized spacial score (nSPS) is 16.1. The molecule has 0 aliphatic carbocycles. The molecule has 0 fully saturated rings. The van der Waals surface area contributed by atoms with E-state index in [2.05, 4.69) is 54.2 Å². The number of hydrogen-bond acceptors (Lipinski definition) is 3. The standard InChI is InChI=1S/C17H27N2S2.HI/c1-5-6-7-8-9-10-19-15(3)13-21-17(19)11-16-18(4)14(2)12-20-16;/h11-13H,5-10H2,1-4H3;1H/q+1;/p-1. The van der Waals surface area contributed by atoms with Crippen LogP contribution in [0.5, 0.6) is 0 Å². The Kier molecular flexibility index (Phi) is 9.09. The molecule has 0 saturated heterocycles. The maximum Gasteiger partial charge on any atom is 0.264 e. The number of rotatable bonds is 7. The van der Waals surface area contributed by atoms with Crippen LogP contribution in [0, 0.1) is 6.92 Å². The van der Waals surface area contributed by atoms with E-state index in [9.17, 15) is 0 Å². The van der Waals surface area contributed by atoms with Crippen LogP contribution >= 0.6 is 23.1 Å². The lowest BCUT2D eigenvalue weighted by molar-refractivity contribution is -0.674. The van der Waals surface area contributed by atoms with Gasteiger partial charge in [-0.1, -0.05) is 55.7 Å². The lowest BCUT2D eigenvalue weighted by Crippen LogP contribution is -3.00. The monoisotopic (exact) mass is 450 g/mol. The Bertz CT molecular complexity index is 535. The lowest BCUT2D eigenvalue weighted by atomic mass is 10.1. The van der Waals surface area contributed by atoms with Gasteiger partial charge in [0.1, 0.15) is 7.05 Å². The van der Waals surface area contributed by atoms with Gasteiger partial charge in [0.05, 0.1) is 16.5 Å². The van der Waals surface area contributed by atoms with E-state index in [4.69, 9.17) is 0 Å². The first kappa shape index (κ1) is 20.0. The number of hydrogen-bond donors (Lipinski definition) is 0. The molecule has 1 aromatic rings. The minimum absolute atomic E-state index is 0. The van der Waals surface area contributed by atoms with Crippen molar-refractivity contribution < 1.29 is 28.5 Å². The summed E-state index contributed by atoms with van der Waals surface area (Å²) in [6, 6.07) is 0. The van der Waals surface area contributed by atoms with Crippen molar-refractivity contribution in [3.05, 3.63) is 32.2 Å². The smallest absolute Gasteiger partial charge is 0.264 e. The molecule has 1 aliphatic heterocycles. The number of nitrogens with zero attached hydrogens (tertiary/aromatic N) is 2. The molecule has 0 N–H and O–H groups in total. The molecule has 2 heterocycles. The van der Waals surface area contributed by atoms with Crippen molar-refractivity contribution in [1.29, 1.82) is 0 Å². The number of aromatic nitrogens is 1. The summed E-state index contributed by atoms with van der Waals surface area (Å²) in [5.41, 5.74) is 2.71. The van der Waals surface area contributed by atoms with Crippen LogP contribution in [0.25, 0.3) is 6.08 Å². The van der Waals surface area contributed by atoms with Gasteiger partial charge in [-0.15, -0.1) is 0 Å². The third kappa shape index (κ3) is 5.27. The third-order valence-corrected chi connectivity index (χ3v) is 6.11. The third-order valence-electron chi connectivity index (χ3n) is 3.98. The molecule has 1 aromatic heterocycles. The van der Waals surface area contributed by atoms with Crippen molar-refractivity contribution in [1.82, 2.24) is 4.90 Å². The average Bonchev–Trinajstić information content (AvgIpc) is 2.97. The molecule has 0 saturated carbocycles. The molecule has 0 bridgehead atoms. The van der Waals surface area contributed by atoms with E-state index >= 15 is 0 Å². The van der Waals surface area contributed by atoms with E-state index in [1.54, 1.807) is 0 Å². The second-order valence-electron chi connectivity index (χ2n) is 5.70. The molecule has 0 unspecified atom stereocenters. The Morgan fingerprint density at radius 3 is 2.55 bits per heavy atom. The number of halogens is 1. The number of aryl methyl sites for hydroxylation is 1. The molecule has 22 heavy (non-hydrogen) atoms. The summed E-state index contributed by atoms with van der Waals surface area (Å²) in [4.78, 5) is 2.48. The summed E-state index contributed by atoms with van der Waals surface area (Å²) >= 11 is 3.68. The fraction of sp³-hybridized carbons (Fsp3) is 0.588. The summed E-state index contributed by atoms with van der Waals surface area (Å²) in [6.45, 7) is 7.81. The van der Waals surface area contributed by atoms with Crippen molar-refractivity contribution in [2.45, 2.75) is 52.9 Å². The van der Waals surface area contributed by atoms with Gasteiger partial charge in [-0.25, -0.2) is 0 Å². The van der Waals surface area contributed by atoms with Gasteiger partial charge in [0.25, 0.3) is 5.01 Å². The predicted octanol–water partition coefficient (Wildman–Crippen LogP) is 2.06. The summed E-state index contributed by atoms with van der Waals surface area (Å²) < 4.78 is 2.27. The number of thiazole rings is 1. The highest BCUT2D eigenvalue weighted by molar-refractivity contribution is 8.06. The molecule has 0 radical (unpaired) electrons. The van der Waals surface area contributed by atoms with Gasteiger partial charge < -0.3 is 28.9 Å². The quantitative estimate of drug-likeness (QED) is 0.357. The number of allylic oxidation sites excluding steroid dienone is 1. The van der Waals surface area contributed by atoms with Crippen LogP contribution in [0.2, 0.25) is 0 Å². The van der Waals surface area contributed by atoms with Crippen LogP contribution in [0.15, 0.2) is 21.5 Å². The Morgan fingerprint density at radius 2 is 1.91 bits per heavy atom. The molecule has 0 spiro atoms. The zero-order valence-corrected chi connectivity index (χ0v) is 17.9. The van der Waals surface area contributed by atoms with E-state index < -0.39 is 0 Å². The van der Waals surface area contributed by atoms with E-state index in [-0.39, 0.29) is 24.0 Å². The van der Waals surface area contributed by atoms with Crippen molar-refractivity contribution >= 4 is 29.2 Å². The van der Waals surface area contributed by atoms with Crippen LogP contribution in [0.1, 0.15) is 56.7 Å². The van der Waals surface area contributed by atoms with Gasteiger partial charge in [-0.2, -0.15) is 4.57 Å². The maximum absolute atomic E-state index is 2.48. The number of thioether (sulfide) groups is 1. The van der Waals surface area contributed by atoms with Gasteiger partial charge in [0.15, 0.2) is 5.69 Å². The molecular formula is C17H27IN2S2. The van der Waals surface area contributed by atoms with Crippen LogP contribution in [-0.2, 0) is 7.05 Å². The van der Waals surface area contributed by atoms with Gasteiger partial charge in [-0.3, -0.25) is 0 Å². The van der Waals surface area contributed by atoms with Crippen LogP contribution < -0.4 is 28.5 Å². The van der Waals surface area contributed by atoms with Gasteiger partial charge >= 0.3 is 0 Å². The lowest BCUT2D eigenvalue weighted by Gasteiger charge is -2.21. The SMILES string of the molecule is CCCCCCCN1C(C)=CS/C1=C\c1scc(C)[n+]1C.[I-]. The van der Waals surface area contributed by atoms with Gasteiger partial charge in [0.2, 0.25) is 0 Å². The summed E-state index contributed by atoms with van der Waals surface area (Å²) in [7, 11) is 2.15. The van der Waals surface area contributed by atoms with Crippen molar-refractivity contribution in [3.8, 4) is 0 Å². The highest BCUT2D eigenvalue weighted by Gasteiger charge is 2.20. The molecule has 0 amide bonds. The highest BCUT2D eigenvalue weighted by atomic mass is 127. The molecule has 2 rings (SSSR count). The molecular weight excluding hydrogens is 423 g/mol. The minimum Gasteiger partial charge on any atom is -1.00 e. The Hall–Kier alpha value is -0.0100. The Labute approximate surface area is 160 Å². The first-order chi connectivity index (χ1) is 10.1. The van der Waals surface area contributed by atoms with Crippen LogP contribution in [0.4, 0.5) is 0 Å². The fourth-order valence-corrected chi connectivity index (χ4v) is 4.40. The summed E-state index contributed by atoms with van der Waals surface area (Å²) in [6.07, 6.45) is 9.04. The first-order valence-corrected chi connectivity index (χ1v) is 9.66. The van der Waals surface area contributed by atoms with Crippen LogP contribution in [-0.4, -0.2) is 11.4 Å². The second kappa shape index (κ2) is 9.98. The van der Waals surface area contributed by atoms with Crippen LogP contribution in [0.3, 0.4) is 0 Å². The van der Waals surface area contributed by atoms with Gasteiger partial charge in [0, 0.05) is 19.2 Å². The molecule has 0 atom stereocenters. The van der Waals surface area contributed by atoms with Crippen molar-refractivity contribution in [3.63, 3.8) is 0 Å². The number of unbranched alkanes of at least 4 members (excludes halogenated alkanes) is 4. The van der Waals surface area contributed by atoms with Crippen molar-refractivity contribution in [2.24, 2.45) is 7.05 Å². The minimum atomic E-state index is 0. The Balaban J connectivity index is 0.00000242. The summed E-state index contributed by atoms with van der Waals surface area (Å²) in [5.74, 6) is 0. The zero-order valence-electron chi connectivity index (χ0n) is 14.1. The predicted molar refractivity (Wildman–Crippen MR) is 95.0 cm³/mol.